The minimum Gasteiger partial charge on any atom is -0.310 e. The number of hydrogen-bond acceptors (Lipinski definition) is 1. The fourth-order valence-electron chi connectivity index (χ4n) is 1.89. The first-order valence-corrected chi connectivity index (χ1v) is 5.99. The lowest BCUT2D eigenvalue weighted by Crippen LogP contribution is -2.37. The zero-order valence-corrected chi connectivity index (χ0v) is 10.2. The van der Waals surface area contributed by atoms with Crippen LogP contribution in [0.5, 0.6) is 0 Å². The van der Waals surface area contributed by atoms with Crippen molar-refractivity contribution in [2.24, 2.45) is 0 Å². The molecule has 1 aromatic carbocycles. The van der Waals surface area contributed by atoms with E-state index >= 15 is 0 Å². The van der Waals surface area contributed by atoms with E-state index < -0.39 is 0 Å². The van der Waals surface area contributed by atoms with E-state index in [1.165, 1.54) is 5.56 Å². The van der Waals surface area contributed by atoms with Gasteiger partial charge in [-0.2, -0.15) is 0 Å². The number of hydrogen-bond donors (Lipinski definition) is 1. The SMILES string of the molecule is C#CCC(CC)NC(C)Cc1ccccc1. The van der Waals surface area contributed by atoms with Gasteiger partial charge in [-0.25, -0.2) is 0 Å². The highest BCUT2D eigenvalue weighted by Crippen LogP contribution is 2.05. The Morgan fingerprint density at radius 2 is 2.00 bits per heavy atom. The zero-order valence-electron chi connectivity index (χ0n) is 10.2. The van der Waals surface area contributed by atoms with Crippen molar-refractivity contribution in [2.75, 3.05) is 0 Å². The Balaban J connectivity index is 2.41. The van der Waals surface area contributed by atoms with Gasteiger partial charge in [-0.05, 0) is 25.3 Å². The molecule has 0 amide bonds. The van der Waals surface area contributed by atoms with Gasteiger partial charge < -0.3 is 5.32 Å². The molecule has 1 heteroatoms. The molecule has 0 fully saturated rings. The van der Waals surface area contributed by atoms with Gasteiger partial charge in [0.15, 0.2) is 0 Å². The van der Waals surface area contributed by atoms with Gasteiger partial charge in [-0.3, -0.25) is 0 Å². The summed E-state index contributed by atoms with van der Waals surface area (Å²) in [5, 5.41) is 3.57. The second-order valence-corrected chi connectivity index (χ2v) is 4.27. The Labute approximate surface area is 99.3 Å². The van der Waals surface area contributed by atoms with Crippen LogP contribution in [0.25, 0.3) is 0 Å². The Morgan fingerprint density at radius 1 is 1.31 bits per heavy atom. The molecule has 86 valence electrons. The maximum absolute atomic E-state index is 5.34. The van der Waals surface area contributed by atoms with Crippen LogP contribution in [0.2, 0.25) is 0 Å². The standard InChI is InChI=1S/C15H21N/c1-4-9-15(5-2)16-13(3)12-14-10-7-6-8-11-14/h1,6-8,10-11,13,15-16H,5,9,12H2,2-3H3. The zero-order chi connectivity index (χ0) is 11.8. The lowest BCUT2D eigenvalue weighted by molar-refractivity contribution is 0.437. The summed E-state index contributed by atoms with van der Waals surface area (Å²) >= 11 is 0. The molecule has 1 N–H and O–H groups in total. The first kappa shape index (κ1) is 12.8. The number of rotatable bonds is 6. The van der Waals surface area contributed by atoms with E-state index in [1.807, 2.05) is 0 Å². The average Bonchev–Trinajstić information content (AvgIpc) is 2.29. The summed E-state index contributed by atoms with van der Waals surface area (Å²) in [6.45, 7) is 4.39. The summed E-state index contributed by atoms with van der Waals surface area (Å²) in [6.07, 6.45) is 8.30. The van der Waals surface area contributed by atoms with Gasteiger partial charge >= 0.3 is 0 Å². The van der Waals surface area contributed by atoms with Gasteiger partial charge in [0.1, 0.15) is 0 Å². The lowest BCUT2D eigenvalue weighted by Gasteiger charge is -2.20. The molecule has 0 saturated heterocycles. The molecule has 0 aliphatic rings. The molecule has 1 aromatic rings. The summed E-state index contributed by atoms with van der Waals surface area (Å²) in [4.78, 5) is 0. The van der Waals surface area contributed by atoms with Crippen molar-refractivity contribution in [3.63, 3.8) is 0 Å². The van der Waals surface area contributed by atoms with Crippen molar-refractivity contribution in [1.82, 2.24) is 5.32 Å². The second-order valence-electron chi connectivity index (χ2n) is 4.27. The van der Waals surface area contributed by atoms with Gasteiger partial charge in [0.25, 0.3) is 0 Å². The van der Waals surface area contributed by atoms with Crippen LogP contribution in [0.15, 0.2) is 30.3 Å². The van der Waals surface area contributed by atoms with E-state index in [1.54, 1.807) is 0 Å². The Kier molecular flexibility index (Phi) is 5.67. The van der Waals surface area contributed by atoms with Crippen molar-refractivity contribution in [3.05, 3.63) is 35.9 Å². The predicted octanol–water partition coefficient (Wildman–Crippen LogP) is 3.01. The van der Waals surface area contributed by atoms with Crippen molar-refractivity contribution in [2.45, 2.75) is 45.2 Å². The van der Waals surface area contributed by atoms with Gasteiger partial charge in [0, 0.05) is 18.5 Å². The third-order valence-electron chi connectivity index (χ3n) is 2.76. The van der Waals surface area contributed by atoms with Crippen LogP contribution < -0.4 is 5.32 Å². The van der Waals surface area contributed by atoms with E-state index in [0.29, 0.717) is 12.1 Å². The highest BCUT2D eigenvalue weighted by Gasteiger charge is 2.09. The molecule has 1 nitrogen and oxygen atoms in total. The molecule has 2 atom stereocenters. The molecule has 0 aliphatic carbocycles. The van der Waals surface area contributed by atoms with Crippen molar-refractivity contribution < 1.29 is 0 Å². The van der Waals surface area contributed by atoms with Crippen LogP contribution in [0, 0.1) is 12.3 Å². The Morgan fingerprint density at radius 3 is 2.56 bits per heavy atom. The molecule has 0 spiro atoms. The molecule has 0 heterocycles. The fraction of sp³-hybridized carbons (Fsp3) is 0.467. The molecule has 2 unspecified atom stereocenters. The highest BCUT2D eigenvalue weighted by atomic mass is 14.9. The minimum absolute atomic E-state index is 0.448. The monoisotopic (exact) mass is 215 g/mol. The molecule has 0 aliphatic heterocycles. The molecule has 16 heavy (non-hydrogen) atoms. The van der Waals surface area contributed by atoms with Crippen LogP contribution in [0.4, 0.5) is 0 Å². The quantitative estimate of drug-likeness (QED) is 0.719. The predicted molar refractivity (Wildman–Crippen MR) is 70.3 cm³/mol. The molecule has 0 bridgehead atoms. The lowest BCUT2D eigenvalue weighted by atomic mass is 10.0. The van der Waals surface area contributed by atoms with Crippen LogP contribution in [-0.4, -0.2) is 12.1 Å². The van der Waals surface area contributed by atoms with E-state index in [0.717, 1.165) is 19.3 Å². The van der Waals surface area contributed by atoms with E-state index in [4.69, 9.17) is 6.42 Å². The third kappa shape index (κ3) is 4.51. The summed E-state index contributed by atoms with van der Waals surface area (Å²) in [5.41, 5.74) is 1.37. The first-order chi connectivity index (χ1) is 7.76. The van der Waals surface area contributed by atoms with Crippen LogP contribution in [0.1, 0.15) is 32.3 Å². The van der Waals surface area contributed by atoms with Crippen molar-refractivity contribution >= 4 is 0 Å². The smallest absolute Gasteiger partial charge is 0.0240 e. The average molecular weight is 215 g/mol. The van der Waals surface area contributed by atoms with Crippen LogP contribution in [-0.2, 0) is 6.42 Å². The van der Waals surface area contributed by atoms with Crippen LogP contribution >= 0.6 is 0 Å². The molecular weight excluding hydrogens is 194 g/mol. The normalized spacial score (nSPS) is 14.1. The van der Waals surface area contributed by atoms with Crippen molar-refractivity contribution in [1.29, 1.82) is 0 Å². The number of benzene rings is 1. The third-order valence-corrected chi connectivity index (χ3v) is 2.76. The molecule has 0 radical (unpaired) electrons. The minimum atomic E-state index is 0.448. The summed E-state index contributed by atoms with van der Waals surface area (Å²) < 4.78 is 0. The van der Waals surface area contributed by atoms with E-state index in [2.05, 4.69) is 55.4 Å². The molecule has 0 saturated carbocycles. The maximum atomic E-state index is 5.34. The fourth-order valence-corrected chi connectivity index (χ4v) is 1.89. The number of nitrogens with one attached hydrogen (secondary N) is 1. The summed E-state index contributed by atoms with van der Waals surface area (Å²) in [6, 6.07) is 11.5. The maximum Gasteiger partial charge on any atom is 0.0240 e. The first-order valence-electron chi connectivity index (χ1n) is 5.99. The molecule has 0 aromatic heterocycles. The highest BCUT2D eigenvalue weighted by molar-refractivity contribution is 5.15. The summed E-state index contributed by atoms with van der Waals surface area (Å²) in [5.74, 6) is 2.73. The Bertz CT molecular complexity index is 323. The second kappa shape index (κ2) is 7.09. The van der Waals surface area contributed by atoms with Crippen molar-refractivity contribution in [3.8, 4) is 12.3 Å². The molecule has 1 rings (SSSR count). The van der Waals surface area contributed by atoms with E-state index in [-0.39, 0.29) is 0 Å². The molecular formula is C15H21N. The van der Waals surface area contributed by atoms with Gasteiger partial charge in [-0.15, -0.1) is 12.3 Å². The Hall–Kier alpha value is -1.26. The van der Waals surface area contributed by atoms with Crippen LogP contribution in [0.3, 0.4) is 0 Å². The van der Waals surface area contributed by atoms with Gasteiger partial charge in [0.2, 0.25) is 0 Å². The van der Waals surface area contributed by atoms with E-state index in [9.17, 15) is 0 Å². The van der Waals surface area contributed by atoms with Gasteiger partial charge in [-0.1, -0.05) is 37.3 Å². The topological polar surface area (TPSA) is 12.0 Å². The van der Waals surface area contributed by atoms with Gasteiger partial charge in [0.05, 0.1) is 0 Å². The largest absolute Gasteiger partial charge is 0.310 e. The number of terminal acetylenes is 1. The summed E-state index contributed by atoms with van der Waals surface area (Å²) in [7, 11) is 0.